The zero-order valence-electron chi connectivity index (χ0n) is 30.8. The highest BCUT2D eigenvalue weighted by molar-refractivity contribution is 6.24. The molecule has 0 aliphatic carbocycles. The molecule has 3 aromatic heterocycles. The van der Waals surface area contributed by atoms with Gasteiger partial charge in [0.2, 0.25) is 0 Å². The van der Waals surface area contributed by atoms with Crippen LogP contribution < -0.4 is 5.32 Å². The molecule has 268 valence electrons. The van der Waals surface area contributed by atoms with Crippen molar-refractivity contribution < 1.29 is 4.42 Å². The molecule has 8 aromatic carbocycles. The molecule has 0 amide bonds. The van der Waals surface area contributed by atoms with Gasteiger partial charge in [-0.2, -0.15) is 0 Å². The van der Waals surface area contributed by atoms with E-state index in [1.807, 2.05) is 12.1 Å². The Morgan fingerprint density at radius 3 is 1.63 bits per heavy atom. The Kier molecular flexibility index (Phi) is 6.92. The Balaban J connectivity index is 1.04. The maximum atomic E-state index is 6.79. The quantitative estimate of drug-likeness (QED) is 0.192. The van der Waals surface area contributed by atoms with Crippen molar-refractivity contribution in [3.63, 3.8) is 0 Å². The molecule has 4 heterocycles. The molecular formula is C52H34N4O. The molecule has 5 heteroatoms. The van der Waals surface area contributed by atoms with Crippen LogP contribution in [0.4, 0.5) is 0 Å². The third kappa shape index (κ3) is 4.92. The average molecular weight is 731 g/mol. The van der Waals surface area contributed by atoms with E-state index in [2.05, 4.69) is 196 Å². The molecular weight excluding hydrogens is 697 g/mol. The molecule has 0 bridgehead atoms. The molecule has 0 saturated carbocycles. The number of furan rings is 1. The lowest BCUT2D eigenvalue weighted by atomic mass is 10.0. The van der Waals surface area contributed by atoms with Crippen LogP contribution in [0, 0.1) is 0 Å². The van der Waals surface area contributed by atoms with Crippen LogP contribution in [0.2, 0.25) is 0 Å². The van der Waals surface area contributed by atoms with Gasteiger partial charge >= 0.3 is 0 Å². The van der Waals surface area contributed by atoms with Crippen molar-refractivity contribution in [2.75, 3.05) is 0 Å². The van der Waals surface area contributed by atoms with Gasteiger partial charge in [-0.15, -0.1) is 0 Å². The predicted molar refractivity (Wildman–Crippen MR) is 236 cm³/mol. The maximum absolute atomic E-state index is 6.79. The molecule has 0 saturated heterocycles. The van der Waals surface area contributed by atoms with Crippen LogP contribution in [0.3, 0.4) is 0 Å². The summed E-state index contributed by atoms with van der Waals surface area (Å²) in [6.45, 7) is 0. The maximum Gasteiger partial charge on any atom is 0.145 e. The Bertz CT molecular complexity index is 3420. The molecule has 1 unspecified atom stereocenters. The highest BCUT2D eigenvalue weighted by Crippen LogP contribution is 2.42. The van der Waals surface area contributed by atoms with Crippen molar-refractivity contribution in [1.82, 2.24) is 14.5 Å². The van der Waals surface area contributed by atoms with Gasteiger partial charge in [-0.1, -0.05) is 140 Å². The zero-order chi connectivity index (χ0) is 37.5. The van der Waals surface area contributed by atoms with E-state index < -0.39 is 0 Å². The van der Waals surface area contributed by atoms with Crippen molar-refractivity contribution in [2.24, 2.45) is 4.99 Å². The smallest absolute Gasteiger partial charge is 0.145 e. The largest absolute Gasteiger partial charge is 0.456 e. The first-order valence-corrected chi connectivity index (χ1v) is 19.4. The summed E-state index contributed by atoms with van der Waals surface area (Å²) in [4.78, 5) is 5.22. The number of aliphatic imine (C=N–C) groups is 1. The van der Waals surface area contributed by atoms with Crippen molar-refractivity contribution in [3.05, 3.63) is 211 Å². The summed E-state index contributed by atoms with van der Waals surface area (Å²) in [6.07, 6.45) is 1.86. The first-order valence-electron chi connectivity index (χ1n) is 19.4. The number of hydrogen-bond donors (Lipinski definition) is 1. The standard InChI is InChI=1S/C52H34N4O/c1-4-14-33(15-5-1)44-32-45(34-16-6-2-7-17-34)54-52(53-44)35-24-26-40-41-27-25-37(31-49(41)57-48(40)30-35)56-47-23-13-11-21-39(47)43-29-28-42-38-20-10-12-22-46(38)55(50(42)51(43)56)36-18-8-3-9-19-36/h1-32,52-53H. The summed E-state index contributed by atoms with van der Waals surface area (Å²) in [6, 6.07) is 66.7. The minimum absolute atomic E-state index is 0.287. The van der Waals surface area contributed by atoms with Crippen LogP contribution in [0.15, 0.2) is 204 Å². The van der Waals surface area contributed by atoms with Gasteiger partial charge in [0.05, 0.1) is 33.5 Å². The van der Waals surface area contributed by atoms with Gasteiger partial charge in [0.1, 0.15) is 17.3 Å². The first-order chi connectivity index (χ1) is 28.3. The molecule has 5 nitrogen and oxygen atoms in total. The Morgan fingerprint density at radius 2 is 0.965 bits per heavy atom. The van der Waals surface area contributed by atoms with E-state index in [1.54, 1.807) is 0 Å². The average Bonchev–Trinajstić information content (AvgIpc) is 3.94. The van der Waals surface area contributed by atoms with Crippen LogP contribution in [-0.2, 0) is 0 Å². The van der Waals surface area contributed by atoms with E-state index in [0.29, 0.717) is 0 Å². The molecule has 11 aromatic rings. The number of hydrogen-bond acceptors (Lipinski definition) is 3. The number of nitrogens with zero attached hydrogens (tertiary/aromatic N) is 3. The second-order valence-corrected chi connectivity index (χ2v) is 14.8. The number of allylic oxidation sites excluding steroid dienone is 1. The SMILES string of the molecule is C1=C(c2ccccc2)NC(c2ccc3c(c2)oc2cc(-n4c5ccccc5c5ccc6c7ccccc7n(-c7ccccc7)c6c54)ccc23)N=C1c1ccccc1. The molecule has 1 atom stereocenters. The highest BCUT2D eigenvalue weighted by Gasteiger charge is 2.23. The second kappa shape index (κ2) is 12.4. The van der Waals surface area contributed by atoms with Crippen LogP contribution in [-0.4, -0.2) is 14.8 Å². The Labute approximate surface area is 328 Å². The molecule has 0 radical (unpaired) electrons. The fraction of sp³-hybridized carbons (Fsp3) is 0.0192. The van der Waals surface area contributed by atoms with E-state index in [4.69, 9.17) is 9.41 Å². The third-order valence-electron chi connectivity index (χ3n) is 11.5. The molecule has 1 N–H and O–H groups in total. The lowest BCUT2D eigenvalue weighted by molar-refractivity contribution is 0.650. The number of fused-ring (bicyclic) bond motifs is 10. The van der Waals surface area contributed by atoms with Crippen molar-refractivity contribution >= 4 is 77.0 Å². The van der Waals surface area contributed by atoms with Crippen molar-refractivity contribution in [3.8, 4) is 11.4 Å². The minimum Gasteiger partial charge on any atom is -0.456 e. The normalized spacial score (nSPS) is 14.5. The van der Waals surface area contributed by atoms with E-state index >= 15 is 0 Å². The summed E-state index contributed by atoms with van der Waals surface area (Å²) >= 11 is 0. The zero-order valence-corrected chi connectivity index (χ0v) is 30.8. The lowest BCUT2D eigenvalue weighted by Crippen LogP contribution is -2.24. The van der Waals surface area contributed by atoms with Gasteiger partial charge in [-0.05, 0) is 59.7 Å². The van der Waals surface area contributed by atoms with Crippen LogP contribution in [0.1, 0.15) is 22.9 Å². The third-order valence-corrected chi connectivity index (χ3v) is 11.5. The van der Waals surface area contributed by atoms with Crippen LogP contribution >= 0.6 is 0 Å². The predicted octanol–water partition coefficient (Wildman–Crippen LogP) is 12.9. The first kappa shape index (κ1) is 31.7. The summed E-state index contributed by atoms with van der Waals surface area (Å²) in [5.74, 6) is 0. The summed E-state index contributed by atoms with van der Waals surface area (Å²) in [5.41, 5.74) is 13.8. The van der Waals surface area contributed by atoms with Crippen molar-refractivity contribution in [2.45, 2.75) is 6.17 Å². The number of nitrogens with one attached hydrogen (secondary N) is 1. The van der Waals surface area contributed by atoms with Gasteiger partial charge in [0.25, 0.3) is 0 Å². The van der Waals surface area contributed by atoms with Gasteiger partial charge in [-0.25, -0.2) is 0 Å². The van der Waals surface area contributed by atoms with Gasteiger partial charge in [0.15, 0.2) is 0 Å². The van der Waals surface area contributed by atoms with E-state index in [0.717, 1.165) is 66.9 Å². The van der Waals surface area contributed by atoms with Crippen LogP contribution in [0.25, 0.3) is 82.6 Å². The second-order valence-electron chi connectivity index (χ2n) is 14.8. The summed E-state index contributed by atoms with van der Waals surface area (Å²) in [5, 5.41) is 10.8. The van der Waals surface area contributed by atoms with Gasteiger partial charge in [-0.3, -0.25) is 4.99 Å². The number of para-hydroxylation sites is 3. The highest BCUT2D eigenvalue weighted by atomic mass is 16.3. The minimum atomic E-state index is -0.287. The molecule has 0 spiro atoms. The molecule has 12 rings (SSSR count). The molecule has 1 aliphatic heterocycles. The van der Waals surface area contributed by atoms with Crippen molar-refractivity contribution in [1.29, 1.82) is 0 Å². The summed E-state index contributed by atoms with van der Waals surface area (Å²) in [7, 11) is 0. The van der Waals surface area contributed by atoms with Crippen LogP contribution in [0.5, 0.6) is 0 Å². The Hall–Kier alpha value is -7.63. The summed E-state index contributed by atoms with van der Waals surface area (Å²) < 4.78 is 11.6. The van der Waals surface area contributed by atoms with Gasteiger partial charge < -0.3 is 18.9 Å². The van der Waals surface area contributed by atoms with Gasteiger partial charge in [0, 0.05) is 55.3 Å². The number of aromatic nitrogens is 2. The fourth-order valence-electron chi connectivity index (χ4n) is 8.95. The Morgan fingerprint density at radius 1 is 0.439 bits per heavy atom. The fourth-order valence-corrected chi connectivity index (χ4v) is 8.95. The van der Waals surface area contributed by atoms with E-state index in [-0.39, 0.29) is 6.17 Å². The van der Waals surface area contributed by atoms with E-state index in [1.165, 1.54) is 38.1 Å². The molecule has 0 fully saturated rings. The molecule has 1 aliphatic rings. The number of benzene rings is 8. The number of rotatable bonds is 5. The monoisotopic (exact) mass is 730 g/mol. The lowest BCUT2D eigenvalue weighted by Gasteiger charge is -2.25. The van der Waals surface area contributed by atoms with E-state index in [9.17, 15) is 0 Å². The topological polar surface area (TPSA) is 47.4 Å². The molecule has 57 heavy (non-hydrogen) atoms.